The van der Waals surface area contributed by atoms with Gasteiger partial charge in [-0.05, 0) is 13.3 Å². The maximum absolute atomic E-state index is 5.59. The Labute approximate surface area is 81.6 Å². The molecule has 0 amide bonds. The van der Waals surface area contributed by atoms with Gasteiger partial charge in [-0.2, -0.15) is 0 Å². The summed E-state index contributed by atoms with van der Waals surface area (Å²) in [5.41, 5.74) is 6.70. The second-order valence-electron chi connectivity index (χ2n) is 2.64. The highest BCUT2D eigenvalue weighted by Crippen LogP contribution is 2.27. The lowest BCUT2D eigenvalue weighted by atomic mass is 10.3. The molecule has 0 saturated carbocycles. The number of hydrogen-bond acceptors (Lipinski definition) is 4. The van der Waals surface area contributed by atoms with Crippen LogP contribution in [-0.4, -0.2) is 16.8 Å². The maximum Gasteiger partial charge on any atom is 0.150 e. The maximum atomic E-state index is 5.59. The molecule has 12 heavy (non-hydrogen) atoms. The molecule has 68 valence electrons. The topological polar surface area (TPSA) is 38.9 Å². The SMILES string of the molecule is CCC(CN)Sc1nc(C)cs1. The van der Waals surface area contributed by atoms with Gasteiger partial charge in [-0.1, -0.05) is 18.7 Å². The van der Waals surface area contributed by atoms with Gasteiger partial charge in [0.2, 0.25) is 0 Å². The standard InChI is InChI=1S/C8H14N2S2/c1-3-7(4-9)12-8-10-6(2)5-11-8/h5,7H,3-4,9H2,1-2H3. The molecule has 0 radical (unpaired) electrons. The molecule has 0 aliphatic heterocycles. The van der Waals surface area contributed by atoms with Crippen molar-refractivity contribution >= 4 is 23.1 Å². The van der Waals surface area contributed by atoms with Gasteiger partial charge in [-0.25, -0.2) is 4.98 Å². The molecule has 1 atom stereocenters. The predicted molar refractivity (Wildman–Crippen MR) is 55.8 cm³/mol. The van der Waals surface area contributed by atoms with E-state index in [0.717, 1.165) is 23.0 Å². The van der Waals surface area contributed by atoms with Crippen LogP contribution in [-0.2, 0) is 0 Å². The van der Waals surface area contributed by atoms with E-state index in [0.29, 0.717) is 5.25 Å². The van der Waals surface area contributed by atoms with Crippen LogP contribution >= 0.6 is 23.1 Å². The summed E-state index contributed by atoms with van der Waals surface area (Å²) in [6, 6.07) is 0. The van der Waals surface area contributed by atoms with Gasteiger partial charge in [0.15, 0.2) is 0 Å². The first-order valence-corrected chi connectivity index (χ1v) is 5.81. The van der Waals surface area contributed by atoms with Crippen molar-refractivity contribution < 1.29 is 0 Å². The van der Waals surface area contributed by atoms with Gasteiger partial charge in [-0.3, -0.25) is 0 Å². The highest BCUT2D eigenvalue weighted by Gasteiger charge is 2.07. The number of thioether (sulfide) groups is 1. The molecule has 0 aliphatic carbocycles. The molecule has 0 aliphatic rings. The van der Waals surface area contributed by atoms with Crippen LogP contribution in [0.1, 0.15) is 19.0 Å². The molecular weight excluding hydrogens is 188 g/mol. The van der Waals surface area contributed by atoms with Crippen LogP contribution in [0.4, 0.5) is 0 Å². The number of thiazole rings is 1. The molecule has 1 unspecified atom stereocenters. The largest absolute Gasteiger partial charge is 0.329 e. The van der Waals surface area contributed by atoms with Gasteiger partial charge in [-0.15, -0.1) is 11.3 Å². The van der Waals surface area contributed by atoms with Crippen LogP contribution in [0.25, 0.3) is 0 Å². The van der Waals surface area contributed by atoms with Crippen molar-refractivity contribution in [3.05, 3.63) is 11.1 Å². The number of nitrogens with zero attached hydrogens (tertiary/aromatic N) is 1. The lowest BCUT2D eigenvalue weighted by molar-refractivity contribution is 0.826. The quantitative estimate of drug-likeness (QED) is 0.761. The first-order chi connectivity index (χ1) is 5.76. The molecule has 2 nitrogen and oxygen atoms in total. The molecular formula is C8H14N2S2. The van der Waals surface area contributed by atoms with Gasteiger partial charge in [0.25, 0.3) is 0 Å². The second-order valence-corrected chi connectivity index (χ2v) is 5.04. The zero-order valence-corrected chi connectivity index (χ0v) is 9.04. The van der Waals surface area contributed by atoms with E-state index in [2.05, 4.69) is 17.3 Å². The van der Waals surface area contributed by atoms with Crippen molar-refractivity contribution in [3.8, 4) is 0 Å². The molecule has 0 fully saturated rings. The van der Waals surface area contributed by atoms with E-state index in [9.17, 15) is 0 Å². The van der Waals surface area contributed by atoms with E-state index >= 15 is 0 Å². The molecule has 1 aromatic rings. The minimum atomic E-state index is 0.524. The van der Waals surface area contributed by atoms with Crippen LogP contribution in [0.5, 0.6) is 0 Å². The molecule has 1 heterocycles. The summed E-state index contributed by atoms with van der Waals surface area (Å²) < 4.78 is 1.14. The predicted octanol–water partition coefficient (Wildman–Crippen LogP) is 2.28. The van der Waals surface area contributed by atoms with Crippen molar-refractivity contribution in [1.29, 1.82) is 0 Å². The third kappa shape index (κ3) is 2.77. The van der Waals surface area contributed by atoms with Crippen LogP contribution < -0.4 is 5.73 Å². The van der Waals surface area contributed by atoms with Crippen molar-refractivity contribution in [1.82, 2.24) is 4.98 Å². The summed E-state index contributed by atoms with van der Waals surface area (Å²) in [7, 11) is 0. The zero-order chi connectivity index (χ0) is 8.97. The van der Waals surface area contributed by atoms with Crippen LogP contribution in [0, 0.1) is 6.92 Å². The summed E-state index contributed by atoms with van der Waals surface area (Å²) in [5, 5.41) is 2.60. The minimum absolute atomic E-state index is 0.524. The summed E-state index contributed by atoms with van der Waals surface area (Å²) in [5.74, 6) is 0. The highest BCUT2D eigenvalue weighted by molar-refractivity contribution is 8.01. The number of aromatic nitrogens is 1. The molecule has 4 heteroatoms. The summed E-state index contributed by atoms with van der Waals surface area (Å²) in [4.78, 5) is 4.37. The fourth-order valence-electron chi connectivity index (χ4n) is 0.827. The summed E-state index contributed by atoms with van der Waals surface area (Å²) >= 11 is 3.50. The first kappa shape index (κ1) is 10.0. The fourth-order valence-corrected chi connectivity index (χ4v) is 2.87. The zero-order valence-electron chi connectivity index (χ0n) is 7.41. The van der Waals surface area contributed by atoms with Gasteiger partial charge in [0.1, 0.15) is 4.34 Å². The number of hydrogen-bond donors (Lipinski definition) is 1. The lowest BCUT2D eigenvalue weighted by Gasteiger charge is -2.07. The molecule has 1 aromatic heterocycles. The van der Waals surface area contributed by atoms with Crippen molar-refractivity contribution in [3.63, 3.8) is 0 Å². The van der Waals surface area contributed by atoms with E-state index in [1.807, 2.05) is 6.92 Å². The van der Waals surface area contributed by atoms with Gasteiger partial charge < -0.3 is 5.73 Å². The summed E-state index contributed by atoms with van der Waals surface area (Å²) in [6.07, 6.45) is 1.11. The second kappa shape index (κ2) is 4.84. The van der Waals surface area contributed by atoms with E-state index in [-0.39, 0.29) is 0 Å². The Morgan fingerprint density at radius 3 is 2.92 bits per heavy atom. The third-order valence-electron chi connectivity index (χ3n) is 1.58. The first-order valence-electron chi connectivity index (χ1n) is 4.05. The van der Waals surface area contributed by atoms with E-state index in [4.69, 9.17) is 5.73 Å². The van der Waals surface area contributed by atoms with Crippen LogP contribution in [0.3, 0.4) is 0 Å². The monoisotopic (exact) mass is 202 g/mol. The van der Waals surface area contributed by atoms with E-state index < -0.39 is 0 Å². The molecule has 2 N–H and O–H groups in total. The average molecular weight is 202 g/mol. The van der Waals surface area contributed by atoms with Crippen LogP contribution in [0.2, 0.25) is 0 Å². The number of rotatable bonds is 4. The Hall–Kier alpha value is -0.0600. The Kier molecular flexibility index (Phi) is 4.05. The van der Waals surface area contributed by atoms with Gasteiger partial charge >= 0.3 is 0 Å². The summed E-state index contributed by atoms with van der Waals surface area (Å²) in [6.45, 7) is 4.91. The Balaban J connectivity index is 2.50. The normalized spacial score (nSPS) is 13.2. The smallest absolute Gasteiger partial charge is 0.150 e. The van der Waals surface area contributed by atoms with Crippen molar-refractivity contribution in [2.24, 2.45) is 5.73 Å². The van der Waals surface area contributed by atoms with Gasteiger partial charge in [0.05, 0.1) is 0 Å². The Morgan fingerprint density at radius 1 is 1.75 bits per heavy atom. The molecule has 0 bridgehead atoms. The fraction of sp³-hybridized carbons (Fsp3) is 0.625. The molecule has 0 aromatic carbocycles. The lowest BCUT2D eigenvalue weighted by Crippen LogP contribution is -2.15. The number of aryl methyl sites for hydroxylation is 1. The van der Waals surface area contributed by atoms with Crippen LogP contribution in [0.15, 0.2) is 9.72 Å². The van der Waals surface area contributed by atoms with Gasteiger partial charge in [0, 0.05) is 22.9 Å². The molecule has 0 saturated heterocycles. The molecule has 0 spiro atoms. The Bertz CT molecular complexity index is 231. The number of nitrogens with two attached hydrogens (primary N) is 1. The minimum Gasteiger partial charge on any atom is -0.329 e. The van der Waals surface area contributed by atoms with Crippen molar-refractivity contribution in [2.75, 3.05) is 6.54 Å². The molecule has 1 rings (SSSR count). The Morgan fingerprint density at radius 2 is 2.50 bits per heavy atom. The van der Waals surface area contributed by atoms with E-state index in [1.165, 1.54) is 0 Å². The third-order valence-corrected chi connectivity index (χ3v) is 4.06. The van der Waals surface area contributed by atoms with E-state index in [1.54, 1.807) is 23.1 Å². The average Bonchev–Trinajstić information content (AvgIpc) is 2.47. The van der Waals surface area contributed by atoms with Crippen molar-refractivity contribution in [2.45, 2.75) is 29.9 Å². The highest BCUT2D eigenvalue weighted by atomic mass is 32.2.